The van der Waals surface area contributed by atoms with E-state index in [4.69, 9.17) is 5.73 Å². The maximum atomic E-state index is 12.0. The number of hydrogen-bond donors (Lipinski definition) is 1. The van der Waals surface area contributed by atoms with Crippen LogP contribution in [-0.4, -0.2) is 12.4 Å². The zero-order valence-corrected chi connectivity index (χ0v) is 8.38. The molecule has 1 aromatic carbocycles. The van der Waals surface area contributed by atoms with Crippen molar-refractivity contribution in [2.75, 3.05) is 12.0 Å². The highest BCUT2D eigenvalue weighted by Gasteiger charge is 2.27. The zero-order valence-electron chi connectivity index (χ0n) is 7.56. The van der Waals surface area contributed by atoms with E-state index in [0.29, 0.717) is 5.69 Å². The third-order valence-corrected chi connectivity index (χ3v) is 2.51. The fraction of sp³-hybridized carbons (Fsp3) is 0.333. The van der Waals surface area contributed by atoms with Crippen LogP contribution in [0, 0.1) is 0 Å². The quantitative estimate of drug-likeness (QED) is 0.613. The molecule has 0 radical (unpaired) electrons. The standard InChI is InChI=1S/C9H10F3NS/c1-14-8-3-2-6(4-7(8)13)5-9(10,11)12/h2-4H,5,13H2,1H3. The van der Waals surface area contributed by atoms with Gasteiger partial charge in [0.15, 0.2) is 0 Å². The molecule has 14 heavy (non-hydrogen) atoms. The zero-order chi connectivity index (χ0) is 10.8. The maximum Gasteiger partial charge on any atom is 0.393 e. The van der Waals surface area contributed by atoms with Crippen LogP contribution in [0.15, 0.2) is 23.1 Å². The van der Waals surface area contributed by atoms with E-state index < -0.39 is 12.6 Å². The van der Waals surface area contributed by atoms with Gasteiger partial charge in [-0.2, -0.15) is 13.2 Å². The van der Waals surface area contributed by atoms with Crippen molar-refractivity contribution in [2.45, 2.75) is 17.5 Å². The first-order valence-electron chi connectivity index (χ1n) is 3.91. The summed E-state index contributed by atoms with van der Waals surface area (Å²) in [5.41, 5.74) is 6.17. The molecule has 2 N–H and O–H groups in total. The highest BCUT2D eigenvalue weighted by Crippen LogP contribution is 2.27. The number of nitrogen functional groups attached to an aromatic ring is 1. The van der Waals surface area contributed by atoms with E-state index in [1.807, 2.05) is 6.26 Å². The molecule has 5 heteroatoms. The number of hydrogen-bond acceptors (Lipinski definition) is 2. The Morgan fingerprint density at radius 3 is 2.43 bits per heavy atom. The van der Waals surface area contributed by atoms with Crippen molar-refractivity contribution < 1.29 is 13.2 Å². The fourth-order valence-electron chi connectivity index (χ4n) is 1.13. The van der Waals surface area contributed by atoms with Crippen LogP contribution in [0.25, 0.3) is 0 Å². The number of thioether (sulfide) groups is 1. The summed E-state index contributed by atoms with van der Waals surface area (Å²) in [4.78, 5) is 0.802. The number of alkyl halides is 3. The van der Waals surface area contributed by atoms with Crippen LogP contribution in [0.2, 0.25) is 0 Å². The van der Waals surface area contributed by atoms with E-state index in [-0.39, 0.29) is 5.56 Å². The molecular formula is C9H10F3NS. The van der Waals surface area contributed by atoms with Crippen LogP contribution in [0.1, 0.15) is 5.56 Å². The van der Waals surface area contributed by atoms with Crippen molar-refractivity contribution in [1.82, 2.24) is 0 Å². The van der Waals surface area contributed by atoms with Crippen LogP contribution in [0.4, 0.5) is 18.9 Å². The first-order valence-corrected chi connectivity index (χ1v) is 5.14. The predicted octanol–water partition coefficient (Wildman–Crippen LogP) is 3.10. The molecule has 0 amide bonds. The summed E-state index contributed by atoms with van der Waals surface area (Å²) in [6, 6.07) is 4.44. The second-order valence-electron chi connectivity index (χ2n) is 2.87. The van der Waals surface area contributed by atoms with Crippen molar-refractivity contribution in [2.24, 2.45) is 0 Å². The van der Waals surface area contributed by atoms with Crippen LogP contribution < -0.4 is 5.73 Å². The van der Waals surface area contributed by atoms with Gasteiger partial charge in [-0.3, -0.25) is 0 Å². The Morgan fingerprint density at radius 2 is 2.00 bits per heavy atom. The first kappa shape index (κ1) is 11.2. The smallest absolute Gasteiger partial charge is 0.393 e. The average Bonchev–Trinajstić information content (AvgIpc) is 2.01. The molecule has 0 spiro atoms. The third kappa shape index (κ3) is 3.14. The highest BCUT2D eigenvalue weighted by molar-refractivity contribution is 7.98. The van der Waals surface area contributed by atoms with Crippen molar-refractivity contribution in [1.29, 1.82) is 0 Å². The van der Waals surface area contributed by atoms with Crippen molar-refractivity contribution in [3.8, 4) is 0 Å². The summed E-state index contributed by atoms with van der Waals surface area (Å²) in [6.07, 6.45) is -3.27. The molecule has 1 nitrogen and oxygen atoms in total. The van der Waals surface area contributed by atoms with Crippen molar-refractivity contribution >= 4 is 17.4 Å². The van der Waals surface area contributed by atoms with E-state index in [9.17, 15) is 13.2 Å². The molecule has 0 aromatic heterocycles. The molecule has 0 aliphatic rings. The van der Waals surface area contributed by atoms with Gasteiger partial charge >= 0.3 is 6.18 Å². The van der Waals surface area contributed by atoms with Gasteiger partial charge in [0.05, 0.1) is 6.42 Å². The lowest BCUT2D eigenvalue weighted by Gasteiger charge is -2.08. The van der Waals surface area contributed by atoms with Gasteiger partial charge in [0.2, 0.25) is 0 Å². The third-order valence-electron chi connectivity index (χ3n) is 1.70. The monoisotopic (exact) mass is 221 g/mol. The van der Waals surface area contributed by atoms with Crippen LogP contribution >= 0.6 is 11.8 Å². The predicted molar refractivity (Wildman–Crippen MR) is 52.4 cm³/mol. The van der Waals surface area contributed by atoms with Gasteiger partial charge < -0.3 is 5.73 Å². The summed E-state index contributed by atoms with van der Waals surface area (Å²) in [6.45, 7) is 0. The molecule has 0 unspecified atom stereocenters. The minimum Gasteiger partial charge on any atom is -0.398 e. The largest absolute Gasteiger partial charge is 0.398 e. The van der Waals surface area contributed by atoms with Crippen LogP contribution in [0.5, 0.6) is 0 Å². The molecule has 1 aromatic rings. The Morgan fingerprint density at radius 1 is 1.36 bits per heavy atom. The van der Waals surface area contributed by atoms with Gasteiger partial charge in [-0.05, 0) is 24.0 Å². The lowest BCUT2D eigenvalue weighted by atomic mass is 10.1. The fourth-order valence-corrected chi connectivity index (χ4v) is 1.62. The number of rotatable bonds is 2. The van der Waals surface area contributed by atoms with Gasteiger partial charge in [-0.1, -0.05) is 6.07 Å². The molecule has 78 valence electrons. The highest BCUT2D eigenvalue weighted by atomic mass is 32.2. The van der Waals surface area contributed by atoms with Crippen LogP contribution in [-0.2, 0) is 6.42 Å². The number of anilines is 1. The average molecular weight is 221 g/mol. The topological polar surface area (TPSA) is 26.0 Å². The first-order chi connectivity index (χ1) is 6.42. The lowest BCUT2D eigenvalue weighted by Crippen LogP contribution is -2.11. The molecule has 0 aliphatic heterocycles. The van der Waals surface area contributed by atoms with E-state index in [2.05, 4.69) is 0 Å². The summed E-state index contributed by atoms with van der Waals surface area (Å²) in [7, 11) is 0. The summed E-state index contributed by atoms with van der Waals surface area (Å²) < 4.78 is 36.0. The summed E-state index contributed by atoms with van der Waals surface area (Å²) >= 11 is 1.42. The van der Waals surface area contributed by atoms with Crippen LogP contribution in [0.3, 0.4) is 0 Å². The molecule has 0 aliphatic carbocycles. The molecule has 0 fully saturated rings. The normalized spacial score (nSPS) is 11.7. The van der Waals surface area contributed by atoms with Gasteiger partial charge in [-0.15, -0.1) is 11.8 Å². The molecule has 1 rings (SSSR count). The second-order valence-corrected chi connectivity index (χ2v) is 3.72. The summed E-state index contributed by atoms with van der Waals surface area (Å²) in [5, 5.41) is 0. The number of halogens is 3. The van der Waals surface area contributed by atoms with Crippen molar-refractivity contribution in [3.63, 3.8) is 0 Å². The molecule has 0 saturated carbocycles. The van der Waals surface area contributed by atoms with E-state index in [1.165, 1.54) is 23.9 Å². The Bertz CT molecular complexity index is 322. The molecule has 0 heterocycles. The number of benzene rings is 1. The Hall–Kier alpha value is -0.840. The van der Waals surface area contributed by atoms with Gasteiger partial charge in [0.1, 0.15) is 0 Å². The second kappa shape index (κ2) is 4.13. The molecular weight excluding hydrogens is 211 g/mol. The van der Waals surface area contributed by atoms with Crippen molar-refractivity contribution in [3.05, 3.63) is 23.8 Å². The minimum absolute atomic E-state index is 0.202. The minimum atomic E-state index is -4.17. The number of nitrogens with two attached hydrogens (primary N) is 1. The Balaban J connectivity index is 2.87. The van der Waals surface area contributed by atoms with E-state index >= 15 is 0 Å². The van der Waals surface area contributed by atoms with Gasteiger partial charge in [0.25, 0.3) is 0 Å². The molecule has 0 bridgehead atoms. The lowest BCUT2D eigenvalue weighted by molar-refractivity contribution is -0.127. The molecule has 0 saturated heterocycles. The van der Waals surface area contributed by atoms with Gasteiger partial charge in [-0.25, -0.2) is 0 Å². The SMILES string of the molecule is CSc1ccc(CC(F)(F)F)cc1N. The van der Waals surface area contributed by atoms with E-state index in [0.717, 1.165) is 4.90 Å². The van der Waals surface area contributed by atoms with E-state index in [1.54, 1.807) is 6.07 Å². The Kier molecular flexibility index (Phi) is 3.31. The Labute approximate surface area is 84.5 Å². The van der Waals surface area contributed by atoms with Gasteiger partial charge in [0, 0.05) is 10.6 Å². The molecule has 0 atom stereocenters. The maximum absolute atomic E-state index is 12.0. The summed E-state index contributed by atoms with van der Waals surface area (Å²) in [5.74, 6) is 0.